The largest absolute Gasteiger partial charge is 0.379 e. The van der Waals surface area contributed by atoms with E-state index in [1.54, 1.807) is 6.20 Å². The Bertz CT molecular complexity index is 526. The zero-order chi connectivity index (χ0) is 12.3. The Labute approximate surface area is 109 Å². The van der Waals surface area contributed by atoms with Crippen LogP contribution in [-0.2, 0) is 6.54 Å². The molecule has 0 unspecified atom stereocenters. The molecule has 0 aliphatic heterocycles. The van der Waals surface area contributed by atoms with E-state index in [2.05, 4.69) is 50.3 Å². The van der Waals surface area contributed by atoms with Crippen LogP contribution in [0.25, 0.3) is 0 Å². The first-order valence-electron chi connectivity index (χ1n) is 5.44. The molecule has 2 rings (SSSR count). The summed E-state index contributed by atoms with van der Waals surface area (Å²) in [4.78, 5) is 8.43. The van der Waals surface area contributed by atoms with Crippen molar-refractivity contribution in [2.45, 2.75) is 20.4 Å². The van der Waals surface area contributed by atoms with Gasteiger partial charge in [0.05, 0.1) is 12.2 Å². The lowest BCUT2D eigenvalue weighted by molar-refractivity contribution is 0.954. The summed E-state index contributed by atoms with van der Waals surface area (Å²) >= 11 is 3.45. The molecule has 17 heavy (non-hydrogen) atoms. The minimum absolute atomic E-state index is 0.714. The Kier molecular flexibility index (Phi) is 3.74. The van der Waals surface area contributed by atoms with Gasteiger partial charge >= 0.3 is 0 Å². The number of rotatable bonds is 3. The second-order valence-electron chi connectivity index (χ2n) is 3.91. The van der Waals surface area contributed by atoms with Crippen molar-refractivity contribution in [1.29, 1.82) is 0 Å². The van der Waals surface area contributed by atoms with E-state index in [9.17, 15) is 0 Å². The van der Waals surface area contributed by atoms with Gasteiger partial charge in [0.1, 0.15) is 5.82 Å². The summed E-state index contributed by atoms with van der Waals surface area (Å²) in [6.45, 7) is 4.69. The van der Waals surface area contributed by atoms with E-state index in [0.29, 0.717) is 6.54 Å². The van der Waals surface area contributed by atoms with Crippen LogP contribution in [0.1, 0.15) is 17.1 Å². The van der Waals surface area contributed by atoms with Crippen molar-refractivity contribution in [3.05, 3.63) is 52.0 Å². The van der Waals surface area contributed by atoms with Crippen LogP contribution in [0, 0.1) is 13.8 Å². The molecule has 1 heterocycles. The van der Waals surface area contributed by atoms with Crippen LogP contribution < -0.4 is 5.32 Å². The molecule has 0 spiro atoms. The molecule has 0 radical (unpaired) electrons. The standard InChI is InChI=1S/C13H14BrN3/c1-9-7-11(14)3-4-13(9)16-8-12-5-6-15-10(2)17-12/h3-7,16H,8H2,1-2H3. The molecular formula is C13H14BrN3. The van der Waals surface area contributed by atoms with E-state index < -0.39 is 0 Å². The molecule has 88 valence electrons. The van der Waals surface area contributed by atoms with Crippen LogP contribution in [0.2, 0.25) is 0 Å². The van der Waals surface area contributed by atoms with Gasteiger partial charge in [-0.1, -0.05) is 15.9 Å². The summed E-state index contributed by atoms with van der Waals surface area (Å²) in [6, 6.07) is 8.11. The molecule has 0 saturated heterocycles. The monoisotopic (exact) mass is 291 g/mol. The highest BCUT2D eigenvalue weighted by Gasteiger charge is 2.00. The molecule has 0 aliphatic rings. The maximum absolute atomic E-state index is 4.35. The third-order valence-electron chi connectivity index (χ3n) is 2.48. The first kappa shape index (κ1) is 12.0. The van der Waals surface area contributed by atoms with Gasteiger partial charge in [-0.25, -0.2) is 9.97 Å². The van der Waals surface area contributed by atoms with Crippen LogP contribution >= 0.6 is 15.9 Å². The van der Waals surface area contributed by atoms with Gasteiger partial charge in [0, 0.05) is 16.4 Å². The van der Waals surface area contributed by atoms with E-state index in [1.165, 1.54) is 5.56 Å². The van der Waals surface area contributed by atoms with Crippen LogP contribution in [0.4, 0.5) is 5.69 Å². The summed E-state index contributed by atoms with van der Waals surface area (Å²) in [5, 5.41) is 3.37. The van der Waals surface area contributed by atoms with E-state index in [0.717, 1.165) is 21.7 Å². The number of hydrogen-bond acceptors (Lipinski definition) is 3. The summed E-state index contributed by atoms with van der Waals surface area (Å²) in [7, 11) is 0. The van der Waals surface area contributed by atoms with Gasteiger partial charge in [0.15, 0.2) is 0 Å². The average Bonchev–Trinajstić information content (AvgIpc) is 2.28. The second kappa shape index (κ2) is 5.27. The highest BCUT2D eigenvalue weighted by atomic mass is 79.9. The molecule has 0 saturated carbocycles. The van der Waals surface area contributed by atoms with Gasteiger partial charge in [-0.15, -0.1) is 0 Å². The Morgan fingerprint density at radius 1 is 1.24 bits per heavy atom. The van der Waals surface area contributed by atoms with Crippen LogP contribution in [0.3, 0.4) is 0 Å². The number of nitrogens with zero attached hydrogens (tertiary/aromatic N) is 2. The van der Waals surface area contributed by atoms with Gasteiger partial charge in [0.25, 0.3) is 0 Å². The highest BCUT2D eigenvalue weighted by Crippen LogP contribution is 2.20. The molecule has 0 atom stereocenters. The van der Waals surface area contributed by atoms with E-state index in [1.807, 2.05) is 19.1 Å². The molecular weight excluding hydrogens is 278 g/mol. The smallest absolute Gasteiger partial charge is 0.125 e. The van der Waals surface area contributed by atoms with Crippen molar-refractivity contribution >= 4 is 21.6 Å². The predicted octanol–water partition coefficient (Wildman–Crippen LogP) is 3.47. The quantitative estimate of drug-likeness (QED) is 0.941. The molecule has 0 fully saturated rings. The fourth-order valence-corrected chi connectivity index (χ4v) is 2.09. The predicted molar refractivity (Wildman–Crippen MR) is 73.0 cm³/mol. The van der Waals surface area contributed by atoms with Gasteiger partial charge < -0.3 is 5.32 Å². The Hall–Kier alpha value is -1.42. The minimum atomic E-state index is 0.714. The first-order valence-corrected chi connectivity index (χ1v) is 6.23. The van der Waals surface area contributed by atoms with Crippen molar-refractivity contribution in [3.63, 3.8) is 0 Å². The zero-order valence-electron chi connectivity index (χ0n) is 9.87. The van der Waals surface area contributed by atoms with Crippen LogP contribution in [-0.4, -0.2) is 9.97 Å². The third-order valence-corrected chi connectivity index (χ3v) is 2.98. The molecule has 1 aromatic carbocycles. The topological polar surface area (TPSA) is 37.8 Å². The Balaban J connectivity index is 2.07. The SMILES string of the molecule is Cc1nccc(CNc2ccc(Br)cc2C)n1. The maximum Gasteiger partial charge on any atom is 0.125 e. The second-order valence-corrected chi connectivity index (χ2v) is 4.82. The maximum atomic E-state index is 4.35. The average molecular weight is 292 g/mol. The van der Waals surface area contributed by atoms with Gasteiger partial charge in [-0.3, -0.25) is 0 Å². The molecule has 2 aromatic rings. The number of nitrogens with one attached hydrogen (secondary N) is 1. The lowest BCUT2D eigenvalue weighted by Gasteiger charge is -2.09. The first-order chi connectivity index (χ1) is 8.15. The molecule has 0 amide bonds. The molecule has 0 aliphatic carbocycles. The minimum Gasteiger partial charge on any atom is -0.379 e. The summed E-state index contributed by atoms with van der Waals surface area (Å²) < 4.78 is 1.10. The zero-order valence-corrected chi connectivity index (χ0v) is 11.5. The van der Waals surface area contributed by atoms with E-state index >= 15 is 0 Å². The van der Waals surface area contributed by atoms with Crippen LogP contribution in [0.5, 0.6) is 0 Å². The molecule has 1 aromatic heterocycles. The van der Waals surface area contributed by atoms with Crippen molar-refractivity contribution < 1.29 is 0 Å². The summed E-state index contributed by atoms with van der Waals surface area (Å²) in [5.41, 5.74) is 3.34. The van der Waals surface area contributed by atoms with Gasteiger partial charge in [0.2, 0.25) is 0 Å². The number of benzene rings is 1. The molecule has 1 N–H and O–H groups in total. The van der Waals surface area contributed by atoms with Crippen molar-refractivity contribution in [1.82, 2.24) is 9.97 Å². The van der Waals surface area contributed by atoms with Crippen LogP contribution in [0.15, 0.2) is 34.9 Å². The van der Waals surface area contributed by atoms with Gasteiger partial charge in [-0.2, -0.15) is 0 Å². The van der Waals surface area contributed by atoms with Crippen molar-refractivity contribution in [3.8, 4) is 0 Å². The van der Waals surface area contributed by atoms with Gasteiger partial charge in [-0.05, 0) is 43.7 Å². The fraction of sp³-hybridized carbons (Fsp3) is 0.231. The number of hydrogen-bond donors (Lipinski definition) is 1. The van der Waals surface area contributed by atoms with Crippen molar-refractivity contribution in [2.24, 2.45) is 0 Å². The van der Waals surface area contributed by atoms with E-state index in [4.69, 9.17) is 0 Å². The highest BCUT2D eigenvalue weighted by molar-refractivity contribution is 9.10. The Morgan fingerprint density at radius 3 is 2.76 bits per heavy atom. The lowest BCUT2D eigenvalue weighted by Crippen LogP contribution is -2.04. The van der Waals surface area contributed by atoms with Crippen molar-refractivity contribution in [2.75, 3.05) is 5.32 Å². The molecule has 3 nitrogen and oxygen atoms in total. The normalized spacial score (nSPS) is 10.3. The third kappa shape index (κ3) is 3.27. The number of anilines is 1. The number of halogens is 1. The Morgan fingerprint density at radius 2 is 2.06 bits per heavy atom. The summed E-state index contributed by atoms with van der Waals surface area (Å²) in [6.07, 6.45) is 1.79. The van der Waals surface area contributed by atoms with E-state index in [-0.39, 0.29) is 0 Å². The lowest BCUT2D eigenvalue weighted by atomic mass is 10.2. The molecule has 4 heteroatoms. The summed E-state index contributed by atoms with van der Waals surface area (Å²) in [5.74, 6) is 0.803. The number of aryl methyl sites for hydroxylation is 2. The fourth-order valence-electron chi connectivity index (χ4n) is 1.61. The number of aromatic nitrogens is 2. The molecule has 0 bridgehead atoms.